The summed E-state index contributed by atoms with van der Waals surface area (Å²) in [5.41, 5.74) is 4.19. The molecule has 1 heterocycles. The number of hydrogen-bond acceptors (Lipinski definition) is 3. The van der Waals surface area contributed by atoms with E-state index in [9.17, 15) is 4.79 Å². The van der Waals surface area contributed by atoms with Crippen LogP contribution in [0, 0.1) is 5.92 Å². The second-order valence-electron chi connectivity index (χ2n) is 8.39. The monoisotopic (exact) mass is 554 g/mol. The van der Waals surface area contributed by atoms with E-state index in [1.165, 1.54) is 5.56 Å². The van der Waals surface area contributed by atoms with Crippen LogP contribution in [0.1, 0.15) is 63.8 Å². The molecule has 0 aliphatic carbocycles. The lowest BCUT2D eigenvalue weighted by molar-refractivity contribution is -0.119. The number of aryl methyl sites for hydroxylation is 1. The van der Waals surface area contributed by atoms with Crippen molar-refractivity contribution in [1.82, 2.24) is 20.0 Å². The van der Waals surface area contributed by atoms with Gasteiger partial charge in [0.25, 0.3) is 0 Å². The van der Waals surface area contributed by atoms with Gasteiger partial charge in [0, 0.05) is 50.6 Å². The molecule has 0 bridgehead atoms. The standard InChI is InChI=1S/C24H38N6O.HI/c1-8-18(5)23(31)27-21-12-10-11-19(13-21)14-26-24(25-9-2)29(6)15-20-16-30(7)28-22(20)17(3)4;/h10-13,16-18H,8-9,14-15H2,1-7H3,(H,25,26)(H,27,31);1H. The number of benzene rings is 1. The topological polar surface area (TPSA) is 74.6 Å². The van der Waals surface area contributed by atoms with E-state index in [1.807, 2.05) is 56.9 Å². The van der Waals surface area contributed by atoms with Crippen LogP contribution >= 0.6 is 24.0 Å². The molecule has 7 nitrogen and oxygen atoms in total. The smallest absolute Gasteiger partial charge is 0.227 e. The summed E-state index contributed by atoms with van der Waals surface area (Å²) in [4.78, 5) is 19.1. The number of guanidine groups is 1. The van der Waals surface area contributed by atoms with Gasteiger partial charge in [0.05, 0.1) is 12.2 Å². The van der Waals surface area contributed by atoms with Crippen molar-refractivity contribution in [1.29, 1.82) is 0 Å². The van der Waals surface area contributed by atoms with Crippen LogP contribution in [0.4, 0.5) is 5.69 Å². The number of rotatable bonds is 9. The van der Waals surface area contributed by atoms with E-state index >= 15 is 0 Å². The number of amides is 1. The maximum Gasteiger partial charge on any atom is 0.227 e. The van der Waals surface area contributed by atoms with Gasteiger partial charge < -0.3 is 15.5 Å². The molecule has 0 radical (unpaired) electrons. The molecule has 8 heteroatoms. The van der Waals surface area contributed by atoms with Crippen LogP contribution in [0.2, 0.25) is 0 Å². The molecule has 0 aliphatic rings. The first-order chi connectivity index (χ1) is 14.7. The summed E-state index contributed by atoms with van der Waals surface area (Å²) in [6, 6.07) is 7.90. The van der Waals surface area contributed by atoms with Crippen molar-refractivity contribution in [2.24, 2.45) is 18.0 Å². The van der Waals surface area contributed by atoms with Gasteiger partial charge in [-0.3, -0.25) is 9.48 Å². The Morgan fingerprint density at radius 3 is 2.59 bits per heavy atom. The van der Waals surface area contributed by atoms with E-state index in [2.05, 4.69) is 47.6 Å². The molecule has 1 aromatic heterocycles. The van der Waals surface area contributed by atoms with Crippen LogP contribution in [0.5, 0.6) is 0 Å². The van der Waals surface area contributed by atoms with Crippen LogP contribution in [0.15, 0.2) is 35.5 Å². The quantitative estimate of drug-likeness (QED) is 0.267. The lowest BCUT2D eigenvalue weighted by atomic mass is 10.1. The third kappa shape index (κ3) is 8.11. The number of carbonyl (C=O) groups excluding carboxylic acids is 1. The molecule has 2 N–H and O–H groups in total. The predicted octanol–water partition coefficient (Wildman–Crippen LogP) is 4.74. The third-order valence-electron chi connectivity index (χ3n) is 5.25. The van der Waals surface area contributed by atoms with E-state index in [0.29, 0.717) is 12.5 Å². The van der Waals surface area contributed by atoms with Gasteiger partial charge in [-0.05, 0) is 37.0 Å². The van der Waals surface area contributed by atoms with Gasteiger partial charge in [-0.2, -0.15) is 5.10 Å². The van der Waals surface area contributed by atoms with Crippen molar-refractivity contribution in [3.05, 3.63) is 47.3 Å². The highest BCUT2D eigenvalue weighted by Crippen LogP contribution is 2.19. The first kappa shape index (κ1) is 27.9. The summed E-state index contributed by atoms with van der Waals surface area (Å²) in [5, 5.41) is 11.0. The molecule has 0 saturated heterocycles. The molecule has 32 heavy (non-hydrogen) atoms. The van der Waals surface area contributed by atoms with E-state index < -0.39 is 0 Å². The molecule has 178 valence electrons. The summed E-state index contributed by atoms with van der Waals surface area (Å²) < 4.78 is 1.88. The molecule has 1 amide bonds. The minimum absolute atomic E-state index is 0. The molecule has 1 atom stereocenters. The van der Waals surface area contributed by atoms with Crippen LogP contribution in [-0.2, 0) is 24.9 Å². The zero-order chi connectivity index (χ0) is 23.0. The average Bonchev–Trinajstić information content (AvgIpc) is 3.10. The van der Waals surface area contributed by atoms with Crippen LogP contribution in [-0.4, -0.2) is 40.1 Å². The zero-order valence-electron chi connectivity index (χ0n) is 20.5. The number of halogens is 1. The highest BCUT2D eigenvalue weighted by atomic mass is 127. The summed E-state index contributed by atoms with van der Waals surface area (Å²) in [6.07, 6.45) is 2.91. The summed E-state index contributed by atoms with van der Waals surface area (Å²) in [7, 11) is 4.00. The fourth-order valence-electron chi connectivity index (χ4n) is 3.33. The number of anilines is 1. The van der Waals surface area contributed by atoms with Gasteiger partial charge in [0.2, 0.25) is 5.91 Å². The average molecular weight is 555 g/mol. The zero-order valence-corrected chi connectivity index (χ0v) is 22.8. The van der Waals surface area contributed by atoms with E-state index in [0.717, 1.165) is 42.4 Å². The fraction of sp³-hybridized carbons (Fsp3) is 0.542. The normalized spacial score (nSPS) is 12.3. The summed E-state index contributed by atoms with van der Waals surface area (Å²) in [6.45, 7) is 12.4. The second kappa shape index (κ2) is 13.4. The molecule has 0 fully saturated rings. The van der Waals surface area contributed by atoms with Crippen molar-refractivity contribution < 1.29 is 4.79 Å². The second-order valence-corrected chi connectivity index (χ2v) is 8.39. The molecule has 1 unspecified atom stereocenters. The number of carbonyl (C=O) groups is 1. The molecule has 0 spiro atoms. The lowest BCUT2D eigenvalue weighted by Crippen LogP contribution is -2.38. The Balaban J connectivity index is 0.00000512. The largest absolute Gasteiger partial charge is 0.357 e. The van der Waals surface area contributed by atoms with Crippen molar-refractivity contribution >= 4 is 41.5 Å². The predicted molar refractivity (Wildman–Crippen MR) is 144 cm³/mol. The Hall–Kier alpha value is -2.10. The van der Waals surface area contributed by atoms with Crippen molar-refractivity contribution in [2.75, 3.05) is 18.9 Å². The third-order valence-corrected chi connectivity index (χ3v) is 5.25. The highest BCUT2D eigenvalue weighted by Gasteiger charge is 2.15. The van der Waals surface area contributed by atoms with Gasteiger partial charge in [-0.15, -0.1) is 24.0 Å². The van der Waals surface area contributed by atoms with Gasteiger partial charge in [-0.1, -0.05) is 39.8 Å². The number of hydrogen-bond donors (Lipinski definition) is 2. The highest BCUT2D eigenvalue weighted by molar-refractivity contribution is 14.0. The number of aliphatic imine (C=N–C) groups is 1. The van der Waals surface area contributed by atoms with Crippen molar-refractivity contribution in [3.8, 4) is 0 Å². The Morgan fingerprint density at radius 2 is 1.97 bits per heavy atom. The van der Waals surface area contributed by atoms with Gasteiger partial charge in [0.1, 0.15) is 0 Å². The first-order valence-corrected chi connectivity index (χ1v) is 11.2. The number of aromatic nitrogens is 2. The van der Waals surface area contributed by atoms with Crippen LogP contribution in [0.3, 0.4) is 0 Å². The van der Waals surface area contributed by atoms with E-state index in [4.69, 9.17) is 4.99 Å². The molecule has 1 aromatic carbocycles. The van der Waals surface area contributed by atoms with Crippen LogP contribution < -0.4 is 10.6 Å². The molecular formula is C24H39IN6O. The van der Waals surface area contributed by atoms with E-state index in [1.54, 1.807) is 0 Å². The van der Waals surface area contributed by atoms with E-state index in [-0.39, 0.29) is 35.8 Å². The Morgan fingerprint density at radius 1 is 1.25 bits per heavy atom. The molecule has 0 saturated carbocycles. The molecule has 2 aromatic rings. The maximum absolute atomic E-state index is 12.2. The molecular weight excluding hydrogens is 515 g/mol. The SMILES string of the molecule is CCNC(=NCc1cccc(NC(=O)C(C)CC)c1)N(C)Cc1cn(C)nc1C(C)C.I. The maximum atomic E-state index is 12.2. The minimum atomic E-state index is -0.00103. The summed E-state index contributed by atoms with van der Waals surface area (Å²) in [5.74, 6) is 1.26. The first-order valence-electron chi connectivity index (χ1n) is 11.2. The number of nitrogens with one attached hydrogen (secondary N) is 2. The van der Waals surface area contributed by atoms with Crippen molar-refractivity contribution in [2.45, 2.75) is 60.0 Å². The Bertz CT molecular complexity index is 892. The Kier molecular flexibility index (Phi) is 11.7. The van der Waals surface area contributed by atoms with Gasteiger partial charge >= 0.3 is 0 Å². The Labute approximate surface area is 210 Å². The van der Waals surface area contributed by atoms with Crippen LogP contribution in [0.25, 0.3) is 0 Å². The lowest BCUT2D eigenvalue weighted by Gasteiger charge is -2.22. The summed E-state index contributed by atoms with van der Waals surface area (Å²) >= 11 is 0. The number of nitrogens with zero attached hydrogens (tertiary/aromatic N) is 4. The molecule has 0 aliphatic heterocycles. The fourth-order valence-corrected chi connectivity index (χ4v) is 3.33. The van der Waals surface area contributed by atoms with Gasteiger partial charge in [-0.25, -0.2) is 4.99 Å². The minimum Gasteiger partial charge on any atom is -0.357 e. The van der Waals surface area contributed by atoms with Gasteiger partial charge in [0.15, 0.2) is 5.96 Å². The van der Waals surface area contributed by atoms with Crippen molar-refractivity contribution in [3.63, 3.8) is 0 Å². The molecule has 2 rings (SSSR count).